The van der Waals surface area contributed by atoms with E-state index in [2.05, 4.69) is 20.4 Å². The van der Waals surface area contributed by atoms with Crippen LogP contribution in [0.4, 0.5) is 9.93 Å². The number of carbonyl (C=O) groups is 1. The van der Waals surface area contributed by atoms with Crippen molar-refractivity contribution in [2.24, 2.45) is 0 Å². The van der Waals surface area contributed by atoms with Crippen LogP contribution in [0.2, 0.25) is 0 Å². The maximum Gasteiger partial charge on any atom is 0.410 e. The van der Waals surface area contributed by atoms with Crippen LogP contribution < -0.4 is 5.32 Å². The standard InChI is InChI=1S/C13H10N4O3S.C3H6/c1-7-14-11(17-20-7)10-9(8-5-3-2-4-6-8)15-12(21-10)16-13(18)19;1-2-3-1/h2-6H,1H3,(H,15,16)(H,18,19);1-3H2. The van der Waals surface area contributed by atoms with Gasteiger partial charge >= 0.3 is 6.09 Å². The second kappa shape index (κ2) is 7.22. The molecule has 124 valence electrons. The molecule has 0 atom stereocenters. The Labute approximate surface area is 142 Å². The molecule has 0 bridgehead atoms. The van der Waals surface area contributed by atoms with Gasteiger partial charge in [0.25, 0.3) is 0 Å². The third kappa shape index (κ3) is 4.17. The number of nitrogens with zero attached hydrogens (tertiary/aromatic N) is 3. The number of rotatable bonds is 3. The molecule has 3 aromatic rings. The molecule has 0 radical (unpaired) electrons. The summed E-state index contributed by atoms with van der Waals surface area (Å²) < 4.78 is 4.98. The second-order valence-electron chi connectivity index (χ2n) is 5.19. The Hall–Kier alpha value is -2.74. The van der Waals surface area contributed by atoms with E-state index >= 15 is 0 Å². The first-order chi connectivity index (χ1) is 11.6. The summed E-state index contributed by atoms with van der Waals surface area (Å²) in [6.07, 6.45) is 3.33. The molecule has 24 heavy (non-hydrogen) atoms. The number of hydrogen-bond donors (Lipinski definition) is 2. The van der Waals surface area contributed by atoms with Crippen molar-refractivity contribution in [3.63, 3.8) is 0 Å². The predicted octanol–water partition coefficient (Wildman–Crippen LogP) is 4.43. The van der Waals surface area contributed by atoms with E-state index in [1.54, 1.807) is 6.92 Å². The Balaban J connectivity index is 0.000000508. The lowest BCUT2D eigenvalue weighted by molar-refractivity contribution is 0.209. The highest BCUT2D eigenvalue weighted by molar-refractivity contribution is 7.19. The van der Waals surface area contributed by atoms with Gasteiger partial charge in [-0.3, -0.25) is 5.32 Å². The zero-order valence-corrected chi connectivity index (χ0v) is 13.8. The third-order valence-corrected chi connectivity index (χ3v) is 3.94. The Morgan fingerprint density at radius 1 is 1.21 bits per heavy atom. The molecule has 1 aromatic carbocycles. The largest absolute Gasteiger partial charge is 0.465 e. The van der Waals surface area contributed by atoms with Gasteiger partial charge in [0.1, 0.15) is 4.88 Å². The Morgan fingerprint density at radius 2 is 1.92 bits per heavy atom. The highest BCUT2D eigenvalue weighted by atomic mass is 32.1. The van der Waals surface area contributed by atoms with E-state index in [9.17, 15) is 4.79 Å². The highest BCUT2D eigenvalue weighted by Gasteiger charge is 2.19. The molecule has 1 amide bonds. The molecule has 0 aliphatic heterocycles. The summed E-state index contributed by atoms with van der Waals surface area (Å²) in [5.74, 6) is 0.826. The summed E-state index contributed by atoms with van der Waals surface area (Å²) >= 11 is 1.16. The van der Waals surface area contributed by atoms with Crippen molar-refractivity contribution in [3.05, 3.63) is 36.2 Å². The zero-order valence-electron chi connectivity index (χ0n) is 13.0. The van der Waals surface area contributed by atoms with E-state index < -0.39 is 6.09 Å². The summed E-state index contributed by atoms with van der Waals surface area (Å²) in [5.41, 5.74) is 1.47. The zero-order chi connectivity index (χ0) is 16.9. The van der Waals surface area contributed by atoms with Gasteiger partial charge in [-0.05, 0) is 0 Å². The van der Waals surface area contributed by atoms with Gasteiger partial charge in [-0.25, -0.2) is 9.78 Å². The van der Waals surface area contributed by atoms with E-state index in [4.69, 9.17) is 9.63 Å². The molecule has 1 fully saturated rings. The lowest BCUT2D eigenvalue weighted by Crippen LogP contribution is -2.06. The highest BCUT2D eigenvalue weighted by Crippen LogP contribution is 2.37. The van der Waals surface area contributed by atoms with Crippen molar-refractivity contribution < 1.29 is 14.4 Å². The molecule has 1 aliphatic carbocycles. The Kier molecular flexibility index (Phi) is 4.85. The molecule has 8 heteroatoms. The van der Waals surface area contributed by atoms with Crippen molar-refractivity contribution in [1.29, 1.82) is 0 Å². The van der Waals surface area contributed by atoms with E-state index in [-0.39, 0.29) is 5.13 Å². The maximum absolute atomic E-state index is 10.8. The molecule has 2 heterocycles. The SMILES string of the molecule is C1CC1.Cc1nc(-c2sc(NC(=O)O)nc2-c2ccccc2)no1. The number of benzene rings is 1. The van der Waals surface area contributed by atoms with Gasteiger partial charge in [-0.2, -0.15) is 4.98 Å². The van der Waals surface area contributed by atoms with Gasteiger partial charge < -0.3 is 9.63 Å². The number of amides is 1. The van der Waals surface area contributed by atoms with Gasteiger partial charge in [-0.15, -0.1) is 0 Å². The number of aromatic nitrogens is 3. The van der Waals surface area contributed by atoms with Crippen molar-refractivity contribution in [1.82, 2.24) is 15.1 Å². The van der Waals surface area contributed by atoms with Crippen LogP contribution in [0.15, 0.2) is 34.9 Å². The minimum absolute atomic E-state index is 0.263. The molecule has 4 rings (SSSR count). The fourth-order valence-corrected chi connectivity index (χ4v) is 2.70. The normalized spacial score (nSPS) is 12.2. The quantitative estimate of drug-likeness (QED) is 0.729. The van der Waals surface area contributed by atoms with Gasteiger partial charge in [0.2, 0.25) is 11.7 Å². The second-order valence-corrected chi connectivity index (χ2v) is 6.19. The molecule has 7 nitrogen and oxygen atoms in total. The van der Waals surface area contributed by atoms with Crippen molar-refractivity contribution in [2.75, 3.05) is 5.32 Å². The summed E-state index contributed by atoms with van der Waals surface area (Å²) in [6.45, 7) is 1.69. The third-order valence-electron chi connectivity index (χ3n) is 2.97. The molecule has 1 aliphatic rings. The number of thiazole rings is 1. The van der Waals surface area contributed by atoms with Gasteiger partial charge in [-0.1, -0.05) is 66.1 Å². The van der Waals surface area contributed by atoms with Crippen LogP contribution in [0.1, 0.15) is 25.2 Å². The molecule has 2 aromatic heterocycles. The van der Waals surface area contributed by atoms with E-state index in [0.29, 0.717) is 22.3 Å². The smallest absolute Gasteiger partial charge is 0.410 e. The molecule has 0 spiro atoms. The van der Waals surface area contributed by atoms with Crippen molar-refractivity contribution >= 4 is 22.6 Å². The van der Waals surface area contributed by atoms with Crippen molar-refractivity contribution in [3.8, 4) is 22.0 Å². The summed E-state index contributed by atoms with van der Waals surface area (Å²) in [4.78, 5) is 19.9. The van der Waals surface area contributed by atoms with Crippen LogP contribution in [-0.4, -0.2) is 26.3 Å². The van der Waals surface area contributed by atoms with Crippen LogP contribution in [0.5, 0.6) is 0 Å². The fraction of sp³-hybridized carbons (Fsp3) is 0.250. The molecule has 0 saturated heterocycles. The Morgan fingerprint density at radius 3 is 2.46 bits per heavy atom. The number of anilines is 1. The first-order valence-corrected chi connectivity index (χ1v) is 8.32. The first kappa shape index (κ1) is 16.1. The molecule has 1 saturated carbocycles. The lowest BCUT2D eigenvalue weighted by atomic mass is 10.1. The summed E-state index contributed by atoms with van der Waals surface area (Å²) in [7, 11) is 0. The van der Waals surface area contributed by atoms with E-state index in [1.807, 2.05) is 30.3 Å². The van der Waals surface area contributed by atoms with Crippen molar-refractivity contribution in [2.45, 2.75) is 26.2 Å². The molecular weight excluding hydrogens is 328 g/mol. The molecule has 0 unspecified atom stereocenters. The van der Waals surface area contributed by atoms with Crippen LogP contribution in [0, 0.1) is 6.92 Å². The monoisotopic (exact) mass is 344 g/mol. The van der Waals surface area contributed by atoms with Crippen LogP contribution in [-0.2, 0) is 0 Å². The summed E-state index contributed by atoms with van der Waals surface area (Å²) in [6, 6.07) is 9.42. The van der Waals surface area contributed by atoms with Gasteiger partial charge in [0, 0.05) is 12.5 Å². The van der Waals surface area contributed by atoms with E-state index in [0.717, 1.165) is 16.9 Å². The average molecular weight is 344 g/mol. The minimum atomic E-state index is -1.17. The Bertz CT molecular complexity index is 824. The average Bonchev–Trinajstić information content (AvgIpc) is 3.30. The number of carboxylic acid groups (broad SMARTS) is 1. The topological polar surface area (TPSA) is 101 Å². The fourth-order valence-electron chi connectivity index (χ4n) is 1.80. The van der Waals surface area contributed by atoms with Gasteiger partial charge in [0.15, 0.2) is 5.13 Å². The predicted molar refractivity (Wildman–Crippen MR) is 91.1 cm³/mol. The minimum Gasteiger partial charge on any atom is -0.465 e. The molecular formula is C16H16N4O3S. The lowest BCUT2D eigenvalue weighted by Gasteiger charge is -1.97. The summed E-state index contributed by atoms with van der Waals surface area (Å²) in [5, 5.41) is 15.2. The molecule has 2 N–H and O–H groups in total. The number of hydrogen-bond acceptors (Lipinski definition) is 6. The number of nitrogens with one attached hydrogen (secondary N) is 1. The van der Waals surface area contributed by atoms with Crippen LogP contribution in [0.25, 0.3) is 22.0 Å². The first-order valence-electron chi connectivity index (χ1n) is 7.50. The maximum atomic E-state index is 10.8. The van der Waals surface area contributed by atoms with E-state index in [1.165, 1.54) is 19.3 Å². The van der Waals surface area contributed by atoms with Crippen LogP contribution >= 0.6 is 11.3 Å². The number of aryl methyl sites for hydroxylation is 1. The van der Waals surface area contributed by atoms with Crippen LogP contribution in [0.3, 0.4) is 0 Å². The van der Waals surface area contributed by atoms with Gasteiger partial charge in [0.05, 0.1) is 5.69 Å².